The lowest BCUT2D eigenvalue weighted by Crippen LogP contribution is -2.47. The summed E-state index contributed by atoms with van der Waals surface area (Å²) in [5.74, 6) is -0.343. The Bertz CT molecular complexity index is 1290. The lowest BCUT2D eigenvalue weighted by atomic mass is 10.1. The van der Waals surface area contributed by atoms with Gasteiger partial charge in [-0.05, 0) is 40.5 Å². The molecular formula is C28H39ClFIN6O5. The van der Waals surface area contributed by atoms with Gasteiger partial charge in [-0.3, -0.25) is 4.90 Å². The molecule has 42 heavy (non-hydrogen) atoms. The second kappa shape index (κ2) is 12.9. The Morgan fingerprint density at radius 3 is 2.62 bits per heavy atom. The molecule has 5 rings (SSSR count). The molecule has 232 valence electrons. The average Bonchev–Trinajstić information content (AvgIpc) is 3.70. The number of ether oxygens (including phenoxy) is 4. The van der Waals surface area contributed by atoms with E-state index in [0.29, 0.717) is 36.4 Å². The van der Waals surface area contributed by atoms with Gasteiger partial charge < -0.3 is 29.2 Å². The number of anilines is 1. The van der Waals surface area contributed by atoms with Crippen LogP contribution in [0.2, 0.25) is 5.15 Å². The first-order valence-corrected chi connectivity index (χ1v) is 16.3. The first-order valence-electron chi connectivity index (χ1n) is 14.4. The minimum Gasteiger partial charge on any atom is -0.474 e. The monoisotopic (exact) mass is 720 g/mol. The fourth-order valence-corrected chi connectivity index (χ4v) is 6.28. The molecule has 4 heterocycles. The molecule has 3 aliphatic rings. The number of hydrogen-bond acceptors (Lipinski definition) is 10. The van der Waals surface area contributed by atoms with E-state index in [1.54, 1.807) is 4.90 Å². The van der Waals surface area contributed by atoms with Crippen LogP contribution in [0, 0.1) is 11.2 Å². The van der Waals surface area contributed by atoms with Gasteiger partial charge in [0.2, 0.25) is 5.88 Å². The molecular weight excluding hydrogens is 682 g/mol. The highest BCUT2D eigenvalue weighted by atomic mass is 127. The number of nitrogens with one attached hydrogen (secondary N) is 1. The smallest absolute Gasteiger partial charge is 0.410 e. The molecule has 2 fully saturated rings. The normalized spacial score (nSPS) is 23.0. The van der Waals surface area contributed by atoms with Crippen molar-refractivity contribution < 1.29 is 28.1 Å². The van der Waals surface area contributed by atoms with Gasteiger partial charge in [0.05, 0.1) is 25.9 Å². The SMILES string of the molecule is C[C@H]1CC(CI)N(C(=O)OC(C)(C)C)CCNc2nc(OCC3(CN4CCOCC4)CC3)nc3c(F)c(Cl)nc(c23)O1. The zero-order valence-electron chi connectivity index (χ0n) is 24.6. The second-order valence-corrected chi connectivity index (χ2v) is 13.6. The topological polar surface area (TPSA) is 111 Å². The maximum absolute atomic E-state index is 15.4. The van der Waals surface area contributed by atoms with Gasteiger partial charge >= 0.3 is 12.1 Å². The van der Waals surface area contributed by atoms with E-state index < -0.39 is 17.5 Å². The van der Waals surface area contributed by atoms with E-state index in [0.717, 1.165) is 45.7 Å². The molecule has 1 unspecified atom stereocenters. The summed E-state index contributed by atoms with van der Waals surface area (Å²) in [6, 6.07) is -0.126. The fraction of sp³-hybridized carbons (Fsp3) is 0.714. The van der Waals surface area contributed by atoms with Gasteiger partial charge in [0.25, 0.3) is 0 Å². The van der Waals surface area contributed by atoms with Crippen LogP contribution in [-0.2, 0) is 9.47 Å². The maximum atomic E-state index is 15.4. The summed E-state index contributed by atoms with van der Waals surface area (Å²) >= 11 is 8.49. The van der Waals surface area contributed by atoms with Crippen LogP contribution in [0.3, 0.4) is 0 Å². The predicted octanol–water partition coefficient (Wildman–Crippen LogP) is 4.93. The third-order valence-corrected chi connectivity index (χ3v) is 8.89. The molecule has 1 amide bonds. The molecule has 1 saturated carbocycles. The van der Waals surface area contributed by atoms with E-state index in [-0.39, 0.29) is 45.5 Å². The fourth-order valence-electron chi connectivity index (χ4n) is 5.28. The van der Waals surface area contributed by atoms with Crippen molar-refractivity contribution in [1.82, 2.24) is 24.8 Å². The van der Waals surface area contributed by atoms with Crippen molar-refractivity contribution in [3.8, 4) is 11.9 Å². The number of rotatable bonds is 6. The van der Waals surface area contributed by atoms with Crippen LogP contribution in [0.15, 0.2) is 0 Å². The molecule has 0 bridgehead atoms. The number of carbonyl (C=O) groups excluding carboxylic acids is 1. The number of morpholine rings is 1. The van der Waals surface area contributed by atoms with Crippen molar-refractivity contribution in [2.75, 3.05) is 62.3 Å². The van der Waals surface area contributed by atoms with Crippen LogP contribution in [0.4, 0.5) is 15.0 Å². The van der Waals surface area contributed by atoms with E-state index >= 15 is 4.39 Å². The van der Waals surface area contributed by atoms with Gasteiger partial charge in [-0.2, -0.15) is 15.0 Å². The van der Waals surface area contributed by atoms with Gasteiger partial charge in [-0.1, -0.05) is 34.2 Å². The van der Waals surface area contributed by atoms with Crippen molar-refractivity contribution in [2.24, 2.45) is 5.41 Å². The summed E-state index contributed by atoms with van der Waals surface area (Å²) in [5, 5.41) is 3.20. The van der Waals surface area contributed by atoms with E-state index in [9.17, 15) is 4.79 Å². The van der Waals surface area contributed by atoms with Crippen LogP contribution in [0.25, 0.3) is 10.9 Å². The number of nitrogens with zero attached hydrogens (tertiary/aromatic N) is 5. The van der Waals surface area contributed by atoms with E-state index in [4.69, 9.17) is 30.5 Å². The number of pyridine rings is 1. The Morgan fingerprint density at radius 1 is 1.21 bits per heavy atom. The largest absolute Gasteiger partial charge is 0.474 e. The number of carbonyl (C=O) groups is 1. The summed E-state index contributed by atoms with van der Waals surface area (Å²) in [7, 11) is 0. The van der Waals surface area contributed by atoms with Gasteiger partial charge in [0.15, 0.2) is 11.0 Å². The molecule has 1 aliphatic carbocycles. The molecule has 0 aromatic carbocycles. The van der Waals surface area contributed by atoms with Crippen molar-refractivity contribution >= 4 is 57.0 Å². The molecule has 2 aromatic rings. The van der Waals surface area contributed by atoms with Gasteiger partial charge in [-0.15, -0.1) is 0 Å². The van der Waals surface area contributed by atoms with Gasteiger partial charge in [-0.25, -0.2) is 9.18 Å². The Balaban J connectivity index is 1.43. The molecule has 0 radical (unpaired) electrons. The number of halogens is 3. The molecule has 2 aliphatic heterocycles. The first kappa shape index (κ1) is 31.5. The van der Waals surface area contributed by atoms with Crippen molar-refractivity contribution in [1.29, 1.82) is 0 Å². The Kier molecular flexibility index (Phi) is 9.70. The minimum absolute atomic E-state index is 0.0164. The van der Waals surface area contributed by atoms with Crippen LogP contribution in [0.5, 0.6) is 11.9 Å². The standard InChI is InChI=1S/C28H39ClFIN6O5/c1-17-13-18(14-31)37(26(38)42-27(2,3)4)8-7-32-23-19-21(20(30)22(29)34-24(19)41-17)33-25(35-23)40-16-28(5-6-28)15-36-9-11-39-12-10-36/h17-18H,5-16H2,1-4H3,(H,32,33,35)/t17-,18?/m0/s1. The lowest BCUT2D eigenvalue weighted by molar-refractivity contribution is 0.0155. The molecule has 14 heteroatoms. The van der Waals surface area contributed by atoms with Crippen LogP contribution in [-0.4, -0.2) is 106 Å². The number of alkyl halides is 1. The van der Waals surface area contributed by atoms with Crippen molar-refractivity contribution in [3.63, 3.8) is 0 Å². The third kappa shape index (κ3) is 7.56. The third-order valence-electron chi connectivity index (χ3n) is 7.63. The number of hydrogen-bond donors (Lipinski definition) is 1. The predicted molar refractivity (Wildman–Crippen MR) is 166 cm³/mol. The highest BCUT2D eigenvalue weighted by Crippen LogP contribution is 2.47. The van der Waals surface area contributed by atoms with E-state index in [1.165, 1.54) is 0 Å². The Morgan fingerprint density at radius 2 is 1.95 bits per heavy atom. The first-order chi connectivity index (χ1) is 20.0. The molecule has 1 saturated heterocycles. The molecule has 2 atom stereocenters. The summed E-state index contributed by atoms with van der Waals surface area (Å²) < 4.78 is 39.6. The van der Waals surface area contributed by atoms with Crippen LogP contribution in [0.1, 0.15) is 47.0 Å². The van der Waals surface area contributed by atoms with Gasteiger partial charge in [0.1, 0.15) is 22.3 Å². The van der Waals surface area contributed by atoms with Crippen LogP contribution >= 0.6 is 34.2 Å². The summed E-state index contributed by atoms with van der Waals surface area (Å²) in [4.78, 5) is 30.6. The average molecular weight is 721 g/mol. The quantitative estimate of drug-likeness (QED) is 0.251. The highest BCUT2D eigenvalue weighted by molar-refractivity contribution is 14.1. The summed E-state index contributed by atoms with van der Waals surface area (Å²) in [6.07, 6.45) is 1.80. The number of aromatic nitrogens is 3. The number of amides is 1. The second-order valence-electron chi connectivity index (χ2n) is 12.4. The van der Waals surface area contributed by atoms with Gasteiger partial charge in [0, 0.05) is 55.0 Å². The highest BCUT2D eigenvalue weighted by Gasteiger charge is 2.45. The maximum Gasteiger partial charge on any atom is 0.410 e. The Labute approximate surface area is 264 Å². The molecule has 2 aromatic heterocycles. The van der Waals surface area contributed by atoms with E-state index in [1.807, 2.05) is 27.7 Å². The molecule has 1 N–H and O–H groups in total. The minimum atomic E-state index is -0.771. The summed E-state index contributed by atoms with van der Waals surface area (Å²) in [5.41, 5.74) is -0.659. The zero-order chi connectivity index (χ0) is 30.1. The van der Waals surface area contributed by atoms with Crippen molar-refractivity contribution in [3.05, 3.63) is 11.0 Å². The molecule has 11 nitrogen and oxygen atoms in total. The lowest BCUT2D eigenvalue weighted by Gasteiger charge is -2.33. The van der Waals surface area contributed by atoms with Crippen LogP contribution < -0.4 is 14.8 Å². The zero-order valence-corrected chi connectivity index (χ0v) is 27.5. The molecule has 0 spiro atoms. The van der Waals surface area contributed by atoms with E-state index in [2.05, 4.69) is 47.8 Å². The van der Waals surface area contributed by atoms with Crippen molar-refractivity contribution in [2.45, 2.75) is 64.7 Å². The Hall–Kier alpha value is -1.97. The summed E-state index contributed by atoms with van der Waals surface area (Å²) in [6.45, 7) is 12.7.